The molecule has 94 heavy (non-hydrogen) atoms. The lowest BCUT2D eigenvalue weighted by atomic mass is 10.0. The maximum absolute atomic E-state index is 13.5. The van der Waals surface area contributed by atoms with E-state index < -0.39 is 36.5 Å². The summed E-state index contributed by atoms with van der Waals surface area (Å²) in [6, 6.07) is -1.15. The Morgan fingerprint density at radius 1 is 0.287 bits per heavy atom. The van der Waals surface area contributed by atoms with Crippen LogP contribution in [-0.2, 0) is 9.59 Å². The quantitative estimate of drug-likeness (QED) is 0.0261. The van der Waals surface area contributed by atoms with E-state index in [-0.39, 0.29) is 11.8 Å². The van der Waals surface area contributed by atoms with Gasteiger partial charge in [-0.2, -0.15) is 0 Å². The van der Waals surface area contributed by atoms with E-state index >= 15 is 0 Å². The van der Waals surface area contributed by atoms with E-state index in [9.17, 15) is 30.0 Å². The summed E-state index contributed by atoms with van der Waals surface area (Å²) in [5, 5.41) is 51.2. The summed E-state index contributed by atoms with van der Waals surface area (Å²) in [5.74, 6) is -0.254. The molecule has 1 aliphatic heterocycles. The Balaban J connectivity index is 2.70. The Hall–Kier alpha value is -3.38. The minimum absolute atomic E-state index is 0.127. The highest BCUT2D eigenvalue weighted by Crippen LogP contribution is 2.18. The van der Waals surface area contributed by atoms with E-state index in [0.29, 0.717) is 39.0 Å². The van der Waals surface area contributed by atoms with E-state index in [4.69, 9.17) is 0 Å². The molecule has 1 unspecified atom stereocenters. The van der Waals surface area contributed by atoms with Crippen LogP contribution in [0, 0.1) is 0 Å². The Morgan fingerprint density at radius 3 is 0.723 bits per heavy atom. The molecule has 0 radical (unpaired) electrons. The molecule has 544 valence electrons. The maximum atomic E-state index is 13.5. The van der Waals surface area contributed by atoms with E-state index in [2.05, 4.69) is 145 Å². The van der Waals surface area contributed by atoms with Gasteiger partial charge in [-0.3, -0.25) is 19.4 Å². The molecule has 2 amide bonds. The number of carbonyl (C=O) groups is 2. The maximum Gasteiger partial charge on any atom is 0.243 e. The fourth-order valence-corrected chi connectivity index (χ4v) is 12.6. The second kappa shape index (κ2) is 69.5. The lowest BCUT2D eigenvalue weighted by molar-refractivity contribution is -0.137. The van der Waals surface area contributed by atoms with E-state index in [1.807, 2.05) is 0 Å². The molecular weight excluding hydrogens is 1160 g/mol. The van der Waals surface area contributed by atoms with Gasteiger partial charge in [-0.25, -0.2) is 0 Å². The van der Waals surface area contributed by atoms with Gasteiger partial charge in [0.1, 0.15) is 12.1 Å². The molecule has 10 nitrogen and oxygen atoms in total. The third kappa shape index (κ3) is 59.8. The molecule has 1 aliphatic rings. The standard InChI is InChI=1S/C84H152N4O6/c1-5-9-13-17-21-25-29-33-37-41-45-49-53-57-65-77(89)73-87(74-78(90)66-58-54-50-46-42-38-34-30-26-22-18-14-10-6-2)71-63-61-69-81-83(93)86-82(84(94)85-81)70-62-64-72-88(75-79(91)67-59-55-51-47-43-39-35-31-27-23-19-15-11-7-3)76-80(92)68-60-56-52-48-44-40-36-32-28-24-20-16-12-8-4/h21-28,33-40,77-82,89-92H,5-20,29-32,41-76H2,1-4H3,(H,85,94)(H,86,93)/b25-21-,26-22-,27-23-,28-24-,37-33-,38-34-,39-35-,40-36+/t77-,78+,79?,80-,81+,82+/m0/s1. The number of amides is 2. The summed E-state index contributed by atoms with van der Waals surface area (Å²) in [4.78, 5) is 31.5. The van der Waals surface area contributed by atoms with Crippen LogP contribution >= 0.6 is 0 Å². The third-order valence-electron chi connectivity index (χ3n) is 18.5. The molecule has 6 atom stereocenters. The first-order valence-corrected chi connectivity index (χ1v) is 40.1. The summed E-state index contributed by atoms with van der Waals surface area (Å²) in [5.41, 5.74) is 0. The van der Waals surface area contributed by atoms with Gasteiger partial charge in [0.15, 0.2) is 0 Å². The molecule has 0 aromatic carbocycles. The molecule has 6 N–H and O–H groups in total. The van der Waals surface area contributed by atoms with Gasteiger partial charge in [-0.1, -0.05) is 253 Å². The molecule has 1 heterocycles. The first-order valence-electron chi connectivity index (χ1n) is 40.1. The van der Waals surface area contributed by atoms with Crippen LogP contribution in [0.2, 0.25) is 0 Å². The fourth-order valence-electron chi connectivity index (χ4n) is 12.6. The topological polar surface area (TPSA) is 146 Å². The molecule has 1 saturated heterocycles. The Bertz CT molecular complexity index is 1670. The monoisotopic (exact) mass is 1310 g/mol. The van der Waals surface area contributed by atoms with E-state index in [1.165, 1.54) is 128 Å². The minimum atomic E-state index is -0.574. The molecule has 0 saturated carbocycles. The van der Waals surface area contributed by atoms with Gasteiger partial charge in [0.25, 0.3) is 0 Å². The summed E-state index contributed by atoms with van der Waals surface area (Å²) in [6.07, 6.45) is 88.6. The number of hydrogen-bond donors (Lipinski definition) is 6. The highest BCUT2D eigenvalue weighted by Gasteiger charge is 2.33. The highest BCUT2D eigenvalue weighted by molar-refractivity contribution is 5.96. The van der Waals surface area contributed by atoms with E-state index in [1.54, 1.807) is 0 Å². The van der Waals surface area contributed by atoms with Gasteiger partial charge < -0.3 is 31.1 Å². The van der Waals surface area contributed by atoms with Crippen molar-refractivity contribution in [3.05, 3.63) is 97.2 Å². The SMILES string of the molecule is CCCCC/C=C\C/C=C\CCCCCCC(O)CN(CCCC[C@H]1NC(=O)[C@@H](CCCCN(C[C@H](O)CCCCCC/C=C\C/C=C\CCCCC)C[C@@H](O)CCCCCC/C=C\C/C=C\CCCCC)NC1=O)C[C@@H](O)CCCCCC/C=C/C/C=C\CCCCC. The largest absolute Gasteiger partial charge is 0.392 e. The van der Waals surface area contributed by atoms with Crippen molar-refractivity contribution in [1.29, 1.82) is 0 Å². The number of rotatable bonds is 70. The van der Waals surface area contributed by atoms with Crippen molar-refractivity contribution in [3.63, 3.8) is 0 Å². The number of unbranched alkanes of at least 4 members (excludes halogenated alkanes) is 30. The van der Waals surface area contributed by atoms with Crippen LogP contribution in [0.5, 0.6) is 0 Å². The predicted molar refractivity (Wildman–Crippen MR) is 407 cm³/mol. The lowest BCUT2D eigenvalue weighted by Gasteiger charge is -2.31. The summed E-state index contributed by atoms with van der Waals surface area (Å²) >= 11 is 0. The Kier molecular flexibility index (Phi) is 65.5. The van der Waals surface area contributed by atoms with Crippen LogP contribution in [-0.4, -0.2) is 118 Å². The second-order valence-corrected chi connectivity index (χ2v) is 27.9. The number of allylic oxidation sites excluding steroid dienone is 16. The van der Waals surface area contributed by atoms with Crippen molar-refractivity contribution in [2.75, 3.05) is 39.3 Å². The number of piperazine rings is 1. The molecular formula is C84H152N4O6. The number of nitrogens with zero attached hydrogens (tertiary/aromatic N) is 2. The minimum Gasteiger partial charge on any atom is -0.392 e. The molecule has 0 aliphatic carbocycles. The summed E-state index contributed by atoms with van der Waals surface area (Å²) in [7, 11) is 0. The Morgan fingerprint density at radius 2 is 0.500 bits per heavy atom. The molecule has 0 aromatic heterocycles. The van der Waals surface area contributed by atoms with Crippen LogP contribution in [0.25, 0.3) is 0 Å². The summed E-state index contributed by atoms with van der Waals surface area (Å²) < 4.78 is 0. The molecule has 1 rings (SSSR count). The van der Waals surface area contributed by atoms with E-state index in [0.717, 1.165) is 193 Å². The second-order valence-electron chi connectivity index (χ2n) is 27.9. The van der Waals surface area contributed by atoms with Crippen LogP contribution in [0.1, 0.15) is 349 Å². The van der Waals surface area contributed by atoms with Crippen LogP contribution in [0.4, 0.5) is 0 Å². The zero-order chi connectivity index (χ0) is 68.1. The average molecular weight is 1310 g/mol. The van der Waals surface area contributed by atoms with Crippen LogP contribution in [0.15, 0.2) is 97.2 Å². The molecule has 10 heteroatoms. The summed E-state index contributed by atoms with van der Waals surface area (Å²) in [6.45, 7) is 12.5. The van der Waals surface area contributed by atoms with Crippen LogP contribution in [0.3, 0.4) is 0 Å². The highest BCUT2D eigenvalue weighted by atomic mass is 16.3. The van der Waals surface area contributed by atoms with Gasteiger partial charge in [-0.05, 0) is 206 Å². The Labute approximate surface area is 581 Å². The third-order valence-corrected chi connectivity index (χ3v) is 18.5. The molecule has 0 aromatic rings. The predicted octanol–water partition coefficient (Wildman–Crippen LogP) is 21.1. The van der Waals surface area contributed by atoms with Crippen molar-refractivity contribution in [2.24, 2.45) is 0 Å². The van der Waals surface area contributed by atoms with Gasteiger partial charge in [0.2, 0.25) is 11.8 Å². The number of hydrogen-bond acceptors (Lipinski definition) is 8. The van der Waals surface area contributed by atoms with Gasteiger partial charge in [-0.15, -0.1) is 0 Å². The normalized spacial score (nSPS) is 16.4. The van der Waals surface area contributed by atoms with Crippen molar-refractivity contribution >= 4 is 11.8 Å². The molecule has 0 bridgehead atoms. The fraction of sp³-hybridized carbons (Fsp3) is 0.786. The number of nitrogens with one attached hydrogen (secondary N) is 2. The van der Waals surface area contributed by atoms with Gasteiger partial charge >= 0.3 is 0 Å². The smallest absolute Gasteiger partial charge is 0.243 e. The number of carbonyl (C=O) groups excluding carboxylic acids is 2. The zero-order valence-electron chi connectivity index (χ0n) is 61.8. The molecule has 1 fully saturated rings. The first kappa shape index (κ1) is 88.6. The van der Waals surface area contributed by atoms with Crippen molar-refractivity contribution in [2.45, 2.75) is 385 Å². The van der Waals surface area contributed by atoms with Gasteiger partial charge in [0, 0.05) is 26.2 Å². The van der Waals surface area contributed by atoms with Gasteiger partial charge in [0.05, 0.1) is 24.4 Å². The van der Waals surface area contributed by atoms with Crippen LogP contribution < -0.4 is 10.6 Å². The average Bonchev–Trinajstić information content (AvgIpc) is 0.942. The zero-order valence-corrected chi connectivity index (χ0v) is 61.8. The first-order chi connectivity index (χ1) is 46.1. The van der Waals surface area contributed by atoms with Crippen molar-refractivity contribution in [1.82, 2.24) is 20.4 Å². The lowest BCUT2D eigenvalue weighted by Crippen LogP contribution is -2.61. The van der Waals surface area contributed by atoms with Crippen molar-refractivity contribution in [3.8, 4) is 0 Å². The number of aliphatic hydroxyl groups is 4. The molecule has 0 spiro atoms. The number of aliphatic hydroxyl groups excluding tert-OH is 4. The van der Waals surface area contributed by atoms with Crippen molar-refractivity contribution < 1.29 is 30.0 Å².